The van der Waals surface area contributed by atoms with Crippen LogP contribution in [-0.2, 0) is 10.0 Å². The first-order valence-corrected chi connectivity index (χ1v) is 10.1. The Labute approximate surface area is 162 Å². The van der Waals surface area contributed by atoms with Gasteiger partial charge in [-0.15, -0.1) is 0 Å². The minimum absolute atomic E-state index is 0.0256. The molecular weight excluding hydrogens is 390 g/mol. The zero-order valence-corrected chi connectivity index (χ0v) is 16.0. The highest BCUT2D eigenvalue weighted by Gasteiger charge is 2.31. The van der Waals surface area contributed by atoms with Crippen LogP contribution in [0.3, 0.4) is 0 Å². The van der Waals surface area contributed by atoms with Crippen LogP contribution in [0.4, 0.5) is 8.78 Å². The van der Waals surface area contributed by atoms with E-state index in [4.69, 9.17) is 0 Å². The molecule has 0 saturated carbocycles. The first-order chi connectivity index (χ1) is 13.3. The zero-order valence-electron chi connectivity index (χ0n) is 15.2. The molecule has 1 aliphatic rings. The lowest BCUT2D eigenvalue weighted by Crippen LogP contribution is -2.50. The number of alkyl halides is 2. The Balaban J connectivity index is 1.70. The van der Waals surface area contributed by atoms with Gasteiger partial charge < -0.3 is 9.64 Å². The Morgan fingerprint density at radius 1 is 1.00 bits per heavy atom. The van der Waals surface area contributed by atoms with Crippen molar-refractivity contribution in [2.75, 3.05) is 26.2 Å². The van der Waals surface area contributed by atoms with Gasteiger partial charge in [-0.05, 0) is 31.2 Å². The van der Waals surface area contributed by atoms with Crippen LogP contribution in [0, 0.1) is 6.92 Å². The van der Waals surface area contributed by atoms with Gasteiger partial charge in [0.25, 0.3) is 5.91 Å². The standard InChI is InChI=1S/C19H20F2N2O4S/c1-14-6-8-15(9-7-14)28(25,26)23-12-10-22(11-13-23)18(24)16-4-2-3-5-17(16)27-19(20)21/h2-9,19H,10-13H2,1H3. The lowest BCUT2D eigenvalue weighted by atomic mass is 10.1. The van der Waals surface area contributed by atoms with E-state index in [-0.39, 0.29) is 42.4 Å². The van der Waals surface area contributed by atoms with Crippen LogP contribution >= 0.6 is 0 Å². The van der Waals surface area contributed by atoms with Crippen LogP contribution < -0.4 is 4.74 Å². The van der Waals surface area contributed by atoms with E-state index in [0.717, 1.165) is 5.56 Å². The molecule has 0 aliphatic carbocycles. The monoisotopic (exact) mass is 410 g/mol. The van der Waals surface area contributed by atoms with Crippen molar-refractivity contribution in [3.8, 4) is 5.75 Å². The third kappa shape index (κ3) is 4.31. The van der Waals surface area contributed by atoms with Crippen molar-refractivity contribution in [1.82, 2.24) is 9.21 Å². The van der Waals surface area contributed by atoms with Crippen LogP contribution in [-0.4, -0.2) is 56.3 Å². The number of carbonyl (C=O) groups is 1. The quantitative estimate of drug-likeness (QED) is 0.760. The highest BCUT2D eigenvalue weighted by molar-refractivity contribution is 7.89. The normalized spacial score (nSPS) is 15.6. The highest BCUT2D eigenvalue weighted by atomic mass is 32.2. The topological polar surface area (TPSA) is 66.9 Å². The third-order valence-electron chi connectivity index (χ3n) is 4.52. The van der Waals surface area contributed by atoms with Gasteiger partial charge in [0.05, 0.1) is 10.5 Å². The van der Waals surface area contributed by atoms with Crippen LogP contribution in [0.15, 0.2) is 53.4 Å². The first-order valence-electron chi connectivity index (χ1n) is 8.69. The van der Waals surface area contributed by atoms with Crippen molar-refractivity contribution >= 4 is 15.9 Å². The molecule has 3 rings (SSSR count). The molecule has 2 aromatic rings. The maximum Gasteiger partial charge on any atom is 0.387 e. The van der Waals surface area contributed by atoms with E-state index in [1.54, 1.807) is 30.3 Å². The second-order valence-electron chi connectivity index (χ2n) is 6.38. The molecule has 28 heavy (non-hydrogen) atoms. The largest absolute Gasteiger partial charge is 0.434 e. The van der Waals surface area contributed by atoms with Gasteiger partial charge in [-0.2, -0.15) is 13.1 Å². The molecule has 0 aromatic heterocycles. The molecule has 0 radical (unpaired) electrons. The Kier molecular flexibility index (Phi) is 5.95. The minimum atomic E-state index is -3.65. The van der Waals surface area contributed by atoms with Gasteiger partial charge in [0, 0.05) is 26.2 Å². The van der Waals surface area contributed by atoms with Crippen molar-refractivity contribution in [1.29, 1.82) is 0 Å². The fourth-order valence-electron chi connectivity index (χ4n) is 3.00. The number of amides is 1. The van der Waals surface area contributed by atoms with Crippen molar-refractivity contribution < 1.29 is 26.7 Å². The lowest BCUT2D eigenvalue weighted by Gasteiger charge is -2.34. The molecule has 1 saturated heterocycles. The molecule has 0 atom stereocenters. The summed E-state index contributed by atoms with van der Waals surface area (Å²) in [6, 6.07) is 12.3. The molecule has 150 valence electrons. The van der Waals surface area contributed by atoms with E-state index in [9.17, 15) is 22.0 Å². The number of carbonyl (C=O) groups excluding carboxylic acids is 1. The lowest BCUT2D eigenvalue weighted by molar-refractivity contribution is -0.0503. The minimum Gasteiger partial charge on any atom is -0.434 e. The zero-order chi connectivity index (χ0) is 20.3. The number of rotatable bonds is 5. The highest BCUT2D eigenvalue weighted by Crippen LogP contribution is 2.24. The molecule has 1 amide bonds. The molecule has 1 aliphatic heterocycles. The number of ether oxygens (including phenoxy) is 1. The summed E-state index contributed by atoms with van der Waals surface area (Å²) in [6.07, 6.45) is 0. The third-order valence-corrected chi connectivity index (χ3v) is 6.43. The number of aryl methyl sites for hydroxylation is 1. The summed E-state index contributed by atoms with van der Waals surface area (Å²) in [6.45, 7) is -0.596. The molecule has 0 spiro atoms. The second-order valence-corrected chi connectivity index (χ2v) is 8.32. The molecule has 0 unspecified atom stereocenters. The molecule has 0 N–H and O–H groups in total. The Bertz CT molecular complexity index is 941. The maximum atomic E-state index is 12.7. The number of sulfonamides is 1. The smallest absolute Gasteiger partial charge is 0.387 e. The Hall–Kier alpha value is -2.52. The van der Waals surface area contributed by atoms with Crippen LogP contribution in [0.5, 0.6) is 5.75 Å². The summed E-state index contributed by atoms with van der Waals surface area (Å²) in [5.41, 5.74) is 0.983. The summed E-state index contributed by atoms with van der Waals surface area (Å²) in [5.74, 6) is -0.666. The number of hydrogen-bond donors (Lipinski definition) is 0. The van der Waals surface area contributed by atoms with E-state index >= 15 is 0 Å². The predicted octanol–water partition coefficient (Wildman–Crippen LogP) is 2.74. The van der Waals surface area contributed by atoms with Crippen molar-refractivity contribution in [3.63, 3.8) is 0 Å². The predicted molar refractivity (Wildman–Crippen MR) is 98.9 cm³/mol. The Morgan fingerprint density at radius 3 is 2.21 bits per heavy atom. The summed E-state index contributed by atoms with van der Waals surface area (Å²) in [7, 11) is -3.65. The number of benzene rings is 2. The van der Waals surface area contributed by atoms with Crippen molar-refractivity contribution in [2.24, 2.45) is 0 Å². The first kappa shape index (κ1) is 20.2. The average molecular weight is 410 g/mol. The number of hydrogen-bond acceptors (Lipinski definition) is 4. The molecule has 6 nitrogen and oxygen atoms in total. The molecular formula is C19H20F2N2O4S. The molecule has 9 heteroatoms. The van der Waals surface area contributed by atoms with Crippen LogP contribution in [0.1, 0.15) is 15.9 Å². The fourth-order valence-corrected chi connectivity index (χ4v) is 4.43. The fraction of sp³-hybridized carbons (Fsp3) is 0.316. The summed E-state index contributed by atoms with van der Waals surface area (Å²) in [4.78, 5) is 14.3. The van der Waals surface area contributed by atoms with Gasteiger partial charge >= 0.3 is 6.61 Å². The summed E-state index contributed by atoms with van der Waals surface area (Å²) >= 11 is 0. The van der Waals surface area contributed by atoms with Crippen molar-refractivity contribution in [3.05, 3.63) is 59.7 Å². The molecule has 1 fully saturated rings. The SMILES string of the molecule is Cc1ccc(S(=O)(=O)N2CCN(C(=O)c3ccccc3OC(F)F)CC2)cc1. The number of halogens is 2. The van der Waals surface area contributed by atoms with Crippen molar-refractivity contribution in [2.45, 2.75) is 18.4 Å². The van der Waals surface area contributed by atoms with E-state index in [0.29, 0.717) is 0 Å². The van der Waals surface area contributed by atoms with E-state index in [2.05, 4.69) is 4.74 Å². The average Bonchev–Trinajstić information content (AvgIpc) is 2.68. The number of nitrogens with zero attached hydrogens (tertiary/aromatic N) is 2. The maximum absolute atomic E-state index is 12.7. The molecule has 1 heterocycles. The van der Waals surface area contributed by atoms with E-state index in [1.807, 2.05) is 6.92 Å². The van der Waals surface area contributed by atoms with E-state index in [1.165, 1.54) is 27.4 Å². The van der Waals surface area contributed by atoms with Crippen LogP contribution in [0.2, 0.25) is 0 Å². The van der Waals surface area contributed by atoms with Gasteiger partial charge in [-0.25, -0.2) is 8.42 Å². The molecule has 2 aromatic carbocycles. The van der Waals surface area contributed by atoms with Gasteiger partial charge in [-0.3, -0.25) is 4.79 Å². The van der Waals surface area contributed by atoms with E-state index < -0.39 is 22.5 Å². The molecule has 0 bridgehead atoms. The summed E-state index contributed by atoms with van der Waals surface area (Å²) in [5, 5.41) is 0. The van der Waals surface area contributed by atoms with Gasteiger partial charge in [0.1, 0.15) is 5.75 Å². The second kappa shape index (κ2) is 8.24. The van der Waals surface area contributed by atoms with Gasteiger partial charge in [-0.1, -0.05) is 29.8 Å². The number of piperazine rings is 1. The van der Waals surface area contributed by atoms with Gasteiger partial charge in [0.15, 0.2) is 0 Å². The summed E-state index contributed by atoms with van der Waals surface area (Å²) < 4.78 is 56.3. The Morgan fingerprint density at radius 2 is 1.61 bits per heavy atom. The van der Waals surface area contributed by atoms with Gasteiger partial charge in [0.2, 0.25) is 10.0 Å². The van der Waals surface area contributed by atoms with Crippen LogP contribution in [0.25, 0.3) is 0 Å². The number of para-hydroxylation sites is 1.